The van der Waals surface area contributed by atoms with E-state index in [1.54, 1.807) is 0 Å². The standard InChI is InChI=1S/C20H26F3N5O/c1-13(2)28-19(14-3-4-16(11-14)27-7-9-29-10-8-27)25-18(26-28)17-12-15(5-6-24-17)20(21,22)23/h5-6,12-14,16H,3-4,7-11H2,1-2H3/t14-,16+/m1/s1. The number of hydrogen-bond acceptors (Lipinski definition) is 5. The molecule has 0 bridgehead atoms. The van der Waals surface area contributed by atoms with Crippen molar-refractivity contribution in [2.45, 2.75) is 57.3 Å². The number of pyridine rings is 1. The van der Waals surface area contributed by atoms with Gasteiger partial charge in [0.25, 0.3) is 0 Å². The van der Waals surface area contributed by atoms with E-state index in [0.717, 1.165) is 69.7 Å². The summed E-state index contributed by atoms with van der Waals surface area (Å²) in [6.45, 7) is 7.47. The molecule has 29 heavy (non-hydrogen) atoms. The third-order valence-electron chi connectivity index (χ3n) is 5.80. The molecule has 2 atom stereocenters. The number of halogens is 3. The van der Waals surface area contributed by atoms with Gasteiger partial charge in [0, 0.05) is 37.3 Å². The number of hydrogen-bond donors (Lipinski definition) is 0. The molecule has 2 aromatic heterocycles. The van der Waals surface area contributed by atoms with Crippen molar-refractivity contribution in [1.82, 2.24) is 24.6 Å². The third-order valence-corrected chi connectivity index (χ3v) is 5.80. The van der Waals surface area contributed by atoms with Gasteiger partial charge in [-0.1, -0.05) is 0 Å². The highest BCUT2D eigenvalue weighted by molar-refractivity contribution is 5.50. The molecule has 1 saturated heterocycles. The van der Waals surface area contributed by atoms with Crippen molar-refractivity contribution in [2.24, 2.45) is 0 Å². The molecule has 0 unspecified atom stereocenters. The van der Waals surface area contributed by atoms with Gasteiger partial charge in [0.1, 0.15) is 11.5 Å². The number of aromatic nitrogens is 4. The Kier molecular flexibility index (Phi) is 5.61. The number of alkyl halides is 3. The minimum Gasteiger partial charge on any atom is -0.379 e. The van der Waals surface area contributed by atoms with Gasteiger partial charge < -0.3 is 4.74 Å². The second kappa shape index (κ2) is 8.02. The van der Waals surface area contributed by atoms with Crippen LogP contribution >= 0.6 is 0 Å². The first kappa shape index (κ1) is 20.3. The van der Waals surface area contributed by atoms with E-state index in [4.69, 9.17) is 4.74 Å². The molecule has 6 nitrogen and oxygen atoms in total. The first-order valence-corrected chi connectivity index (χ1v) is 10.1. The zero-order chi connectivity index (χ0) is 20.6. The van der Waals surface area contributed by atoms with E-state index in [1.165, 1.54) is 0 Å². The van der Waals surface area contributed by atoms with Gasteiger partial charge in [-0.05, 0) is 45.2 Å². The van der Waals surface area contributed by atoms with Crippen LogP contribution in [0.25, 0.3) is 11.5 Å². The highest BCUT2D eigenvalue weighted by Crippen LogP contribution is 2.38. The zero-order valence-corrected chi connectivity index (χ0v) is 16.7. The Bertz CT molecular complexity index is 845. The van der Waals surface area contributed by atoms with Crippen molar-refractivity contribution in [3.8, 4) is 11.5 Å². The quantitative estimate of drug-likeness (QED) is 0.767. The van der Waals surface area contributed by atoms with Crippen molar-refractivity contribution in [3.63, 3.8) is 0 Å². The molecule has 2 aromatic rings. The van der Waals surface area contributed by atoms with Crippen LogP contribution in [-0.2, 0) is 10.9 Å². The molecular weight excluding hydrogens is 383 g/mol. The van der Waals surface area contributed by atoms with Crippen LogP contribution in [0, 0.1) is 0 Å². The Labute approximate surface area is 168 Å². The van der Waals surface area contributed by atoms with Gasteiger partial charge in [0.05, 0.1) is 18.8 Å². The Morgan fingerprint density at radius 2 is 1.93 bits per heavy atom. The lowest BCUT2D eigenvalue weighted by molar-refractivity contribution is -0.137. The number of ether oxygens (including phenoxy) is 1. The highest BCUT2D eigenvalue weighted by atomic mass is 19.4. The van der Waals surface area contributed by atoms with Crippen molar-refractivity contribution < 1.29 is 17.9 Å². The number of nitrogens with zero attached hydrogens (tertiary/aromatic N) is 5. The molecule has 0 radical (unpaired) electrons. The highest BCUT2D eigenvalue weighted by Gasteiger charge is 2.35. The Hall–Kier alpha value is -2.00. The minimum absolute atomic E-state index is 0.0690. The average Bonchev–Trinajstić information content (AvgIpc) is 3.35. The molecule has 158 valence electrons. The fourth-order valence-electron chi connectivity index (χ4n) is 4.30. The molecule has 1 saturated carbocycles. The van der Waals surface area contributed by atoms with Crippen LogP contribution in [0.3, 0.4) is 0 Å². The fourth-order valence-corrected chi connectivity index (χ4v) is 4.30. The summed E-state index contributed by atoms with van der Waals surface area (Å²) < 4.78 is 46.5. The van der Waals surface area contributed by atoms with E-state index in [-0.39, 0.29) is 23.5 Å². The Balaban J connectivity index is 1.59. The lowest BCUT2D eigenvalue weighted by atomic mass is 10.1. The fraction of sp³-hybridized carbons (Fsp3) is 0.650. The molecule has 1 aliphatic carbocycles. The van der Waals surface area contributed by atoms with Crippen LogP contribution in [0.15, 0.2) is 18.3 Å². The van der Waals surface area contributed by atoms with Gasteiger partial charge >= 0.3 is 6.18 Å². The second-order valence-corrected chi connectivity index (χ2v) is 8.07. The van der Waals surface area contributed by atoms with E-state index in [9.17, 15) is 13.2 Å². The molecule has 3 heterocycles. The van der Waals surface area contributed by atoms with Crippen LogP contribution in [0.1, 0.15) is 56.5 Å². The lowest BCUT2D eigenvalue weighted by Gasteiger charge is -2.32. The van der Waals surface area contributed by atoms with Gasteiger partial charge in [-0.15, -0.1) is 5.10 Å². The normalized spacial score (nSPS) is 23.8. The zero-order valence-electron chi connectivity index (χ0n) is 16.7. The molecule has 4 rings (SSSR count). The number of rotatable bonds is 4. The third kappa shape index (κ3) is 4.30. The molecule has 0 amide bonds. The molecule has 0 N–H and O–H groups in total. The van der Waals surface area contributed by atoms with E-state index >= 15 is 0 Å². The smallest absolute Gasteiger partial charge is 0.379 e. The monoisotopic (exact) mass is 409 g/mol. The van der Waals surface area contributed by atoms with E-state index < -0.39 is 11.7 Å². The summed E-state index contributed by atoms with van der Waals surface area (Å²) in [5, 5.41) is 4.53. The van der Waals surface area contributed by atoms with Gasteiger partial charge in [0.15, 0.2) is 5.82 Å². The maximum atomic E-state index is 13.1. The summed E-state index contributed by atoms with van der Waals surface area (Å²) in [5.74, 6) is 1.36. The summed E-state index contributed by atoms with van der Waals surface area (Å²) in [6, 6.07) is 2.55. The topological polar surface area (TPSA) is 56.1 Å². The summed E-state index contributed by atoms with van der Waals surface area (Å²) in [6.07, 6.45) is -0.174. The Morgan fingerprint density at radius 1 is 1.17 bits per heavy atom. The predicted molar refractivity (Wildman–Crippen MR) is 101 cm³/mol. The first-order valence-electron chi connectivity index (χ1n) is 10.1. The Morgan fingerprint density at radius 3 is 2.62 bits per heavy atom. The average molecular weight is 409 g/mol. The van der Waals surface area contributed by atoms with Gasteiger partial charge in [0.2, 0.25) is 0 Å². The minimum atomic E-state index is -4.42. The predicted octanol–water partition coefficient (Wildman–Crippen LogP) is 3.91. The van der Waals surface area contributed by atoms with Crippen LogP contribution in [-0.4, -0.2) is 57.0 Å². The maximum Gasteiger partial charge on any atom is 0.416 e. The van der Waals surface area contributed by atoms with E-state index in [1.807, 2.05) is 18.5 Å². The molecular formula is C20H26F3N5O. The summed E-state index contributed by atoms with van der Waals surface area (Å²) in [7, 11) is 0. The van der Waals surface area contributed by atoms with Crippen LogP contribution in [0.4, 0.5) is 13.2 Å². The molecule has 2 fully saturated rings. The maximum absolute atomic E-state index is 13.1. The first-order chi connectivity index (χ1) is 13.8. The SMILES string of the molecule is CC(C)n1nc(-c2cc(C(F)(F)F)ccn2)nc1[C@@H]1CC[C@H](N2CCOCC2)C1. The molecule has 9 heteroatoms. The van der Waals surface area contributed by atoms with Crippen LogP contribution in [0.5, 0.6) is 0 Å². The van der Waals surface area contributed by atoms with E-state index in [0.29, 0.717) is 6.04 Å². The van der Waals surface area contributed by atoms with Crippen molar-refractivity contribution in [3.05, 3.63) is 29.7 Å². The lowest BCUT2D eigenvalue weighted by Crippen LogP contribution is -2.42. The summed E-state index contributed by atoms with van der Waals surface area (Å²) in [4.78, 5) is 11.2. The van der Waals surface area contributed by atoms with Crippen molar-refractivity contribution >= 4 is 0 Å². The van der Waals surface area contributed by atoms with E-state index in [2.05, 4.69) is 20.0 Å². The summed E-state index contributed by atoms with van der Waals surface area (Å²) >= 11 is 0. The molecule has 0 aromatic carbocycles. The van der Waals surface area contributed by atoms with Gasteiger partial charge in [-0.3, -0.25) is 9.88 Å². The van der Waals surface area contributed by atoms with Crippen LogP contribution < -0.4 is 0 Å². The largest absolute Gasteiger partial charge is 0.416 e. The molecule has 2 aliphatic rings. The molecule has 1 aliphatic heterocycles. The second-order valence-electron chi connectivity index (χ2n) is 8.07. The number of morpholine rings is 1. The summed E-state index contributed by atoms with van der Waals surface area (Å²) in [5.41, 5.74) is -0.582. The van der Waals surface area contributed by atoms with Gasteiger partial charge in [-0.25, -0.2) is 9.67 Å². The van der Waals surface area contributed by atoms with Crippen LogP contribution in [0.2, 0.25) is 0 Å². The van der Waals surface area contributed by atoms with Crippen molar-refractivity contribution in [1.29, 1.82) is 0 Å². The van der Waals surface area contributed by atoms with Gasteiger partial charge in [-0.2, -0.15) is 13.2 Å². The molecule has 0 spiro atoms. The van der Waals surface area contributed by atoms with Crippen molar-refractivity contribution in [2.75, 3.05) is 26.3 Å².